The molecule has 0 aliphatic carbocycles. The van der Waals surface area contributed by atoms with Crippen LogP contribution in [0.1, 0.15) is 5.56 Å². The van der Waals surface area contributed by atoms with E-state index in [1.54, 1.807) is 6.07 Å². The average Bonchev–Trinajstić information content (AvgIpc) is 2.65. The number of hydrogen-bond acceptors (Lipinski definition) is 5. The topological polar surface area (TPSA) is 78.7 Å². The molecule has 8 heteroatoms. The molecule has 1 aliphatic rings. The minimum atomic E-state index is -0.566. The van der Waals surface area contributed by atoms with Crippen LogP contribution in [0.25, 0.3) is 0 Å². The van der Waals surface area contributed by atoms with Crippen LogP contribution in [0.3, 0.4) is 0 Å². The lowest BCUT2D eigenvalue weighted by atomic mass is 10.2. The van der Waals surface area contributed by atoms with E-state index in [9.17, 15) is 14.9 Å². The van der Waals surface area contributed by atoms with Gasteiger partial charge in [0, 0.05) is 44.5 Å². The first-order chi connectivity index (χ1) is 13.0. The first-order valence-corrected chi connectivity index (χ1v) is 9.11. The molecule has 0 unspecified atom stereocenters. The van der Waals surface area contributed by atoms with Gasteiger partial charge in [0.2, 0.25) is 5.91 Å². The number of amides is 1. The highest BCUT2D eigenvalue weighted by molar-refractivity contribution is 6.32. The summed E-state index contributed by atoms with van der Waals surface area (Å²) in [5.74, 6) is -0.192. The van der Waals surface area contributed by atoms with E-state index in [0.29, 0.717) is 5.69 Å². The minimum Gasteiger partial charge on any atom is -0.325 e. The fraction of sp³-hybridized carbons (Fsp3) is 0.316. The van der Waals surface area contributed by atoms with Gasteiger partial charge in [0.25, 0.3) is 5.69 Å². The molecule has 0 atom stereocenters. The normalized spacial score (nSPS) is 15.4. The number of nitrogens with one attached hydrogen (secondary N) is 1. The van der Waals surface area contributed by atoms with Crippen molar-refractivity contribution in [2.24, 2.45) is 0 Å². The molecular weight excluding hydrogens is 368 g/mol. The number of nitro benzene ring substituents is 1. The summed E-state index contributed by atoms with van der Waals surface area (Å²) in [4.78, 5) is 27.1. The monoisotopic (exact) mass is 388 g/mol. The summed E-state index contributed by atoms with van der Waals surface area (Å²) in [6.45, 7) is 4.58. The van der Waals surface area contributed by atoms with Gasteiger partial charge in [-0.3, -0.25) is 24.7 Å². The Labute approximate surface area is 162 Å². The van der Waals surface area contributed by atoms with Crippen molar-refractivity contribution in [3.8, 4) is 0 Å². The largest absolute Gasteiger partial charge is 0.325 e. The van der Waals surface area contributed by atoms with Crippen molar-refractivity contribution in [2.75, 3.05) is 38.0 Å². The van der Waals surface area contributed by atoms with Gasteiger partial charge in [-0.05, 0) is 17.7 Å². The van der Waals surface area contributed by atoms with Crippen molar-refractivity contribution in [1.82, 2.24) is 9.80 Å². The van der Waals surface area contributed by atoms with Crippen LogP contribution in [0.4, 0.5) is 11.4 Å². The van der Waals surface area contributed by atoms with Crippen LogP contribution >= 0.6 is 11.6 Å². The van der Waals surface area contributed by atoms with Gasteiger partial charge in [0.05, 0.1) is 11.5 Å². The van der Waals surface area contributed by atoms with Gasteiger partial charge in [0.15, 0.2) is 0 Å². The minimum absolute atomic E-state index is 0.0486. The summed E-state index contributed by atoms with van der Waals surface area (Å²) in [7, 11) is 0. The number of rotatable bonds is 6. The number of hydrogen-bond donors (Lipinski definition) is 1. The highest BCUT2D eigenvalue weighted by Crippen LogP contribution is 2.27. The standard InChI is InChI=1S/C19H21ClN4O3/c20-17-7-6-16(12-18(17)24(26)27)21-19(25)14-23-10-8-22(9-11-23)13-15-4-2-1-3-5-15/h1-7,12H,8-11,13-14H2,(H,21,25). The first kappa shape index (κ1) is 19.3. The van der Waals surface area contributed by atoms with E-state index in [2.05, 4.69) is 27.2 Å². The molecule has 0 bridgehead atoms. The van der Waals surface area contributed by atoms with Crippen LogP contribution < -0.4 is 5.32 Å². The summed E-state index contributed by atoms with van der Waals surface area (Å²) in [6.07, 6.45) is 0. The molecular formula is C19H21ClN4O3. The maximum Gasteiger partial charge on any atom is 0.289 e. The molecule has 2 aromatic carbocycles. The third kappa shape index (κ3) is 5.50. The third-order valence-electron chi connectivity index (χ3n) is 4.51. The summed E-state index contributed by atoms with van der Waals surface area (Å²) < 4.78 is 0. The van der Waals surface area contributed by atoms with Crippen LogP contribution in [-0.2, 0) is 11.3 Å². The Morgan fingerprint density at radius 1 is 1.07 bits per heavy atom. The lowest BCUT2D eigenvalue weighted by Crippen LogP contribution is -2.48. The maximum atomic E-state index is 12.3. The van der Waals surface area contributed by atoms with Gasteiger partial charge >= 0.3 is 0 Å². The van der Waals surface area contributed by atoms with E-state index in [4.69, 9.17) is 11.6 Å². The smallest absolute Gasteiger partial charge is 0.289 e. The summed E-state index contributed by atoms with van der Waals surface area (Å²) in [5, 5.41) is 13.7. The van der Waals surface area contributed by atoms with Gasteiger partial charge < -0.3 is 5.32 Å². The van der Waals surface area contributed by atoms with E-state index in [1.165, 1.54) is 17.7 Å². The maximum absolute atomic E-state index is 12.3. The number of nitrogens with zero attached hydrogens (tertiary/aromatic N) is 3. The molecule has 2 aromatic rings. The molecule has 7 nitrogen and oxygen atoms in total. The van der Waals surface area contributed by atoms with Crippen LogP contribution in [0, 0.1) is 10.1 Å². The number of halogens is 1. The second kappa shape index (κ2) is 8.94. The summed E-state index contributed by atoms with van der Waals surface area (Å²) in [5.41, 5.74) is 1.44. The number of piperazine rings is 1. The number of anilines is 1. The first-order valence-electron chi connectivity index (χ1n) is 8.74. The lowest BCUT2D eigenvalue weighted by Gasteiger charge is -2.34. The van der Waals surface area contributed by atoms with Crippen molar-refractivity contribution in [1.29, 1.82) is 0 Å². The molecule has 0 aromatic heterocycles. The molecule has 0 saturated carbocycles. The highest BCUT2D eigenvalue weighted by Gasteiger charge is 2.20. The predicted octanol–water partition coefficient (Wildman–Crippen LogP) is 3.00. The molecule has 1 fully saturated rings. The average molecular weight is 389 g/mol. The third-order valence-corrected chi connectivity index (χ3v) is 4.83. The second-order valence-electron chi connectivity index (χ2n) is 6.51. The van der Waals surface area contributed by atoms with Crippen molar-refractivity contribution in [2.45, 2.75) is 6.54 Å². The fourth-order valence-corrected chi connectivity index (χ4v) is 3.27. The zero-order valence-electron chi connectivity index (χ0n) is 14.8. The van der Waals surface area contributed by atoms with Crippen LogP contribution in [-0.4, -0.2) is 53.4 Å². The molecule has 1 aliphatic heterocycles. The quantitative estimate of drug-likeness (QED) is 0.608. The van der Waals surface area contributed by atoms with Gasteiger partial charge in [-0.25, -0.2) is 0 Å². The van der Waals surface area contributed by atoms with E-state index >= 15 is 0 Å². The SMILES string of the molecule is O=C(CN1CCN(Cc2ccccc2)CC1)Nc1ccc(Cl)c([N+](=O)[O-])c1. The second-order valence-corrected chi connectivity index (χ2v) is 6.92. The number of benzene rings is 2. The Morgan fingerprint density at radius 3 is 2.41 bits per heavy atom. The summed E-state index contributed by atoms with van der Waals surface area (Å²) >= 11 is 5.79. The van der Waals surface area contributed by atoms with E-state index in [1.807, 2.05) is 18.2 Å². The van der Waals surface area contributed by atoms with Crippen molar-refractivity contribution in [3.05, 3.63) is 69.2 Å². The Kier molecular flexibility index (Phi) is 6.39. The molecule has 27 heavy (non-hydrogen) atoms. The summed E-state index contributed by atoms with van der Waals surface area (Å²) in [6, 6.07) is 14.6. The van der Waals surface area contributed by atoms with E-state index in [-0.39, 0.29) is 23.2 Å². The van der Waals surface area contributed by atoms with E-state index in [0.717, 1.165) is 32.7 Å². The van der Waals surface area contributed by atoms with Crippen molar-refractivity contribution < 1.29 is 9.72 Å². The molecule has 0 spiro atoms. The molecule has 0 radical (unpaired) electrons. The van der Waals surface area contributed by atoms with Gasteiger partial charge in [-0.2, -0.15) is 0 Å². The Hall–Kier alpha value is -2.48. The van der Waals surface area contributed by atoms with Crippen LogP contribution in [0.2, 0.25) is 5.02 Å². The molecule has 1 saturated heterocycles. The zero-order chi connectivity index (χ0) is 19.2. The van der Waals surface area contributed by atoms with Crippen molar-refractivity contribution in [3.63, 3.8) is 0 Å². The lowest BCUT2D eigenvalue weighted by molar-refractivity contribution is -0.384. The number of carbonyl (C=O) groups is 1. The molecule has 142 valence electrons. The predicted molar refractivity (Wildman–Crippen MR) is 105 cm³/mol. The highest BCUT2D eigenvalue weighted by atomic mass is 35.5. The molecule has 1 N–H and O–H groups in total. The van der Waals surface area contributed by atoms with Gasteiger partial charge in [0.1, 0.15) is 5.02 Å². The number of nitro groups is 1. The number of carbonyl (C=O) groups excluding carboxylic acids is 1. The Morgan fingerprint density at radius 2 is 1.74 bits per heavy atom. The van der Waals surface area contributed by atoms with Gasteiger partial charge in [-0.15, -0.1) is 0 Å². The molecule has 1 amide bonds. The van der Waals surface area contributed by atoms with Crippen LogP contribution in [0.15, 0.2) is 48.5 Å². The van der Waals surface area contributed by atoms with Crippen LogP contribution in [0.5, 0.6) is 0 Å². The van der Waals surface area contributed by atoms with Gasteiger partial charge in [-0.1, -0.05) is 41.9 Å². The molecule has 1 heterocycles. The van der Waals surface area contributed by atoms with Crippen molar-refractivity contribution >= 4 is 28.9 Å². The fourth-order valence-electron chi connectivity index (χ4n) is 3.08. The Balaban J connectivity index is 1.47. The molecule has 3 rings (SSSR count). The Bertz CT molecular complexity index is 808. The zero-order valence-corrected chi connectivity index (χ0v) is 15.6. The van der Waals surface area contributed by atoms with E-state index < -0.39 is 4.92 Å².